The number of halogens is 3. The zero-order chi connectivity index (χ0) is 19.3. The number of alkyl halides is 3. The van der Waals surface area contributed by atoms with Gasteiger partial charge in [-0.05, 0) is 44.9 Å². The molecule has 0 atom stereocenters. The number of carbonyl (C=O) groups excluding carboxylic acids is 1. The number of alkyl carbamates (subject to hydrolysis) is 1. The number of amides is 1. The molecule has 0 spiro atoms. The lowest BCUT2D eigenvalue weighted by Gasteiger charge is -2.19. The summed E-state index contributed by atoms with van der Waals surface area (Å²) in [6.07, 6.45) is -2.28. The van der Waals surface area contributed by atoms with Crippen molar-refractivity contribution in [3.8, 4) is 0 Å². The van der Waals surface area contributed by atoms with Crippen LogP contribution in [0.3, 0.4) is 0 Å². The van der Waals surface area contributed by atoms with Gasteiger partial charge in [-0.1, -0.05) is 18.2 Å². The summed E-state index contributed by atoms with van der Waals surface area (Å²) >= 11 is 0. The third-order valence-electron chi connectivity index (χ3n) is 2.88. The molecule has 0 fully saturated rings. The number of carbonyl (C=O) groups is 2. The highest BCUT2D eigenvalue weighted by Crippen LogP contribution is 2.33. The summed E-state index contributed by atoms with van der Waals surface area (Å²) in [5, 5.41) is 11.3. The molecule has 0 unspecified atom stereocenters. The minimum absolute atomic E-state index is 0.144. The highest BCUT2D eigenvalue weighted by atomic mass is 19.4. The van der Waals surface area contributed by atoms with Gasteiger partial charge in [0.25, 0.3) is 0 Å². The minimum Gasteiger partial charge on any atom is -0.478 e. The summed E-state index contributed by atoms with van der Waals surface area (Å²) in [7, 11) is 0. The van der Waals surface area contributed by atoms with E-state index in [9.17, 15) is 22.8 Å². The monoisotopic (exact) mass is 359 g/mol. The third kappa shape index (κ3) is 7.28. The van der Waals surface area contributed by atoms with Crippen LogP contribution in [-0.4, -0.2) is 29.3 Å². The van der Waals surface area contributed by atoms with E-state index in [4.69, 9.17) is 9.84 Å². The van der Waals surface area contributed by atoms with Crippen molar-refractivity contribution in [1.82, 2.24) is 5.32 Å². The molecule has 0 heterocycles. The maximum atomic E-state index is 13.0. The molecule has 1 aromatic carbocycles. The molecule has 5 nitrogen and oxygen atoms in total. The van der Waals surface area contributed by atoms with Gasteiger partial charge in [0.2, 0.25) is 0 Å². The molecule has 0 bridgehead atoms. The summed E-state index contributed by atoms with van der Waals surface area (Å²) < 4.78 is 44.1. The Labute approximate surface area is 143 Å². The predicted octanol–water partition coefficient (Wildman–Crippen LogP) is 4.33. The number of hydrogen-bond donors (Lipinski definition) is 2. The predicted molar refractivity (Wildman–Crippen MR) is 86.3 cm³/mol. The number of carboxylic acids is 1. The number of rotatable bonds is 5. The largest absolute Gasteiger partial charge is 0.478 e. The first-order valence-electron chi connectivity index (χ1n) is 7.48. The first-order chi connectivity index (χ1) is 11.4. The van der Waals surface area contributed by atoms with E-state index in [-0.39, 0.29) is 18.5 Å². The molecule has 0 aliphatic heterocycles. The summed E-state index contributed by atoms with van der Waals surface area (Å²) in [5.41, 5.74) is -2.23. The number of ether oxygens (including phenoxy) is 1. The Morgan fingerprint density at radius 1 is 1.24 bits per heavy atom. The molecule has 0 aliphatic carbocycles. The van der Waals surface area contributed by atoms with Crippen molar-refractivity contribution in [2.24, 2.45) is 0 Å². The molecular weight excluding hydrogens is 339 g/mol. The van der Waals surface area contributed by atoms with E-state index >= 15 is 0 Å². The Morgan fingerprint density at radius 2 is 1.88 bits per heavy atom. The molecule has 0 aliphatic rings. The van der Waals surface area contributed by atoms with Crippen molar-refractivity contribution < 1.29 is 32.6 Å². The number of carboxylic acid groups (broad SMARTS) is 1. The Hall–Kier alpha value is -2.51. The van der Waals surface area contributed by atoms with Gasteiger partial charge < -0.3 is 15.2 Å². The maximum absolute atomic E-state index is 13.0. The van der Waals surface area contributed by atoms with Crippen molar-refractivity contribution in [2.45, 2.75) is 39.0 Å². The Balaban J connectivity index is 2.71. The SMILES string of the molecule is CC(C)(C)OC(=O)NCCC=Cc1ccc(C(=O)O)cc1C(F)(F)F. The van der Waals surface area contributed by atoms with Crippen molar-refractivity contribution in [2.75, 3.05) is 6.54 Å². The lowest BCUT2D eigenvalue weighted by molar-refractivity contribution is -0.137. The van der Waals surface area contributed by atoms with Crippen LogP contribution in [0.15, 0.2) is 24.3 Å². The average Bonchev–Trinajstić information content (AvgIpc) is 2.43. The smallest absolute Gasteiger partial charge is 0.417 e. The molecule has 0 aromatic heterocycles. The van der Waals surface area contributed by atoms with E-state index < -0.39 is 35.0 Å². The number of hydrogen-bond acceptors (Lipinski definition) is 3. The second-order valence-corrected chi connectivity index (χ2v) is 6.22. The summed E-state index contributed by atoms with van der Waals surface area (Å²) in [6, 6.07) is 2.81. The van der Waals surface area contributed by atoms with Crippen LogP contribution in [0.1, 0.15) is 48.7 Å². The van der Waals surface area contributed by atoms with Crippen LogP contribution in [0, 0.1) is 0 Å². The fraction of sp³-hybridized carbons (Fsp3) is 0.412. The fourth-order valence-electron chi connectivity index (χ4n) is 1.86. The molecule has 25 heavy (non-hydrogen) atoms. The topological polar surface area (TPSA) is 75.6 Å². The maximum Gasteiger partial charge on any atom is 0.417 e. The second-order valence-electron chi connectivity index (χ2n) is 6.22. The van der Waals surface area contributed by atoms with E-state index in [2.05, 4.69) is 5.32 Å². The lowest BCUT2D eigenvalue weighted by Crippen LogP contribution is -2.32. The van der Waals surface area contributed by atoms with E-state index in [0.29, 0.717) is 6.07 Å². The Morgan fingerprint density at radius 3 is 2.40 bits per heavy atom. The molecule has 1 aromatic rings. The van der Waals surface area contributed by atoms with Gasteiger partial charge in [0.05, 0.1) is 11.1 Å². The summed E-state index contributed by atoms with van der Waals surface area (Å²) in [5.74, 6) is -1.43. The number of nitrogens with one attached hydrogen (secondary N) is 1. The third-order valence-corrected chi connectivity index (χ3v) is 2.88. The van der Waals surface area contributed by atoms with Crippen LogP contribution in [0.5, 0.6) is 0 Å². The summed E-state index contributed by atoms with van der Waals surface area (Å²) in [6.45, 7) is 5.34. The molecular formula is C17H20F3NO4. The van der Waals surface area contributed by atoms with Gasteiger partial charge in [0.1, 0.15) is 5.60 Å². The second kappa shape index (κ2) is 8.04. The van der Waals surface area contributed by atoms with Crippen molar-refractivity contribution in [3.63, 3.8) is 0 Å². The van der Waals surface area contributed by atoms with Crippen molar-refractivity contribution in [1.29, 1.82) is 0 Å². The molecule has 0 radical (unpaired) electrons. The molecule has 0 saturated carbocycles. The fourth-order valence-corrected chi connectivity index (χ4v) is 1.86. The zero-order valence-corrected chi connectivity index (χ0v) is 14.1. The average molecular weight is 359 g/mol. The van der Waals surface area contributed by atoms with Gasteiger partial charge >= 0.3 is 18.2 Å². The van der Waals surface area contributed by atoms with E-state index in [1.54, 1.807) is 20.8 Å². The van der Waals surface area contributed by atoms with Crippen LogP contribution in [-0.2, 0) is 10.9 Å². The Kier molecular flexibility index (Phi) is 6.61. The summed E-state index contributed by atoms with van der Waals surface area (Å²) in [4.78, 5) is 22.2. The number of aromatic carboxylic acids is 1. The van der Waals surface area contributed by atoms with Crippen LogP contribution in [0.4, 0.5) is 18.0 Å². The van der Waals surface area contributed by atoms with E-state index in [1.807, 2.05) is 0 Å². The standard InChI is InChI=1S/C17H20F3NO4/c1-16(2,3)25-15(24)21-9-5-4-6-11-7-8-12(14(22)23)10-13(11)17(18,19)20/h4,6-8,10H,5,9H2,1-3H3,(H,21,24)(H,22,23). The number of benzene rings is 1. The zero-order valence-electron chi connectivity index (χ0n) is 14.1. The minimum atomic E-state index is -4.67. The van der Waals surface area contributed by atoms with Gasteiger partial charge in [0.15, 0.2) is 0 Å². The van der Waals surface area contributed by atoms with Gasteiger partial charge in [-0.15, -0.1) is 0 Å². The Bertz CT molecular complexity index is 661. The van der Waals surface area contributed by atoms with E-state index in [1.165, 1.54) is 12.2 Å². The van der Waals surface area contributed by atoms with Gasteiger partial charge in [0, 0.05) is 6.54 Å². The highest BCUT2D eigenvalue weighted by Gasteiger charge is 2.33. The van der Waals surface area contributed by atoms with Crippen molar-refractivity contribution >= 4 is 18.1 Å². The van der Waals surface area contributed by atoms with Gasteiger partial charge in [-0.3, -0.25) is 0 Å². The van der Waals surface area contributed by atoms with Crippen LogP contribution in [0.2, 0.25) is 0 Å². The van der Waals surface area contributed by atoms with Gasteiger partial charge in [-0.25, -0.2) is 9.59 Å². The van der Waals surface area contributed by atoms with E-state index in [0.717, 1.165) is 12.1 Å². The molecule has 138 valence electrons. The van der Waals surface area contributed by atoms with Gasteiger partial charge in [-0.2, -0.15) is 13.2 Å². The lowest BCUT2D eigenvalue weighted by atomic mass is 10.0. The molecule has 8 heteroatoms. The molecule has 0 saturated heterocycles. The highest BCUT2D eigenvalue weighted by molar-refractivity contribution is 5.88. The van der Waals surface area contributed by atoms with Crippen LogP contribution in [0.25, 0.3) is 6.08 Å². The molecule has 1 amide bonds. The molecule has 2 N–H and O–H groups in total. The van der Waals surface area contributed by atoms with Crippen LogP contribution >= 0.6 is 0 Å². The quantitative estimate of drug-likeness (QED) is 0.767. The molecule has 1 rings (SSSR count). The van der Waals surface area contributed by atoms with Crippen molar-refractivity contribution in [3.05, 3.63) is 41.0 Å². The normalized spacial score (nSPS) is 12.2. The first kappa shape index (κ1) is 20.5. The van der Waals surface area contributed by atoms with Crippen LogP contribution < -0.4 is 5.32 Å². The first-order valence-corrected chi connectivity index (χ1v) is 7.48.